The largest absolute Gasteiger partial charge is 0.495 e. The highest BCUT2D eigenvalue weighted by atomic mass is 32.2. The van der Waals surface area contributed by atoms with Crippen LogP contribution in [-0.4, -0.2) is 32.5 Å². The van der Waals surface area contributed by atoms with Gasteiger partial charge < -0.3 is 15.2 Å². The summed E-state index contributed by atoms with van der Waals surface area (Å²) in [4.78, 5) is 11.0. The molecule has 1 aromatic carbocycles. The third-order valence-corrected chi connectivity index (χ3v) is 3.57. The van der Waals surface area contributed by atoms with Crippen molar-refractivity contribution in [3.63, 3.8) is 0 Å². The molecule has 0 aliphatic carbocycles. The van der Waals surface area contributed by atoms with Crippen molar-refractivity contribution >= 4 is 17.7 Å². The highest BCUT2D eigenvalue weighted by Crippen LogP contribution is 2.22. The molecular weight excluding hydrogens is 274 g/mol. The van der Waals surface area contributed by atoms with Gasteiger partial charge in [0.1, 0.15) is 5.75 Å². The fraction of sp³-hybridized carbons (Fsp3) is 0.400. The van der Waals surface area contributed by atoms with Crippen LogP contribution in [0.2, 0.25) is 0 Å². The average Bonchev–Trinajstić information content (AvgIpc) is 2.49. The van der Waals surface area contributed by atoms with Gasteiger partial charge in [-0.05, 0) is 17.7 Å². The Morgan fingerprint density at radius 2 is 2.20 bits per heavy atom. The highest BCUT2D eigenvalue weighted by molar-refractivity contribution is 7.98. The fourth-order valence-corrected chi connectivity index (χ4v) is 2.41. The molecule has 20 heavy (non-hydrogen) atoms. The Hall–Kier alpha value is -1.64. The summed E-state index contributed by atoms with van der Waals surface area (Å²) in [6.07, 6.45) is 0.428. The monoisotopic (exact) mass is 293 g/mol. The Labute approximate surface area is 124 Å². The van der Waals surface area contributed by atoms with Crippen molar-refractivity contribution in [3.8, 4) is 17.6 Å². The number of hydrogen-bond acceptors (Lipinski definition) is 5. The maximum absolute atomic E-state index is 11.0. The van der Waals surface area contributed by atoms with Crippen molar-refractivity contribution in [2.45, 2.75) is 12.2 Å². The number of hydrogen-bond donors (Lipinski definition) is 1. The Morgan fingerprint density at radius 3 is 2.85 bits per heavy atom. The summed E-state index contributed by atoms with van der Waals surface area (Å²) in [7, 11) is 3.02. The summed E-state index contributed by atoms with van der Waals surface area (Å²) in [6.45, 7) is 0.321. The van der Waals surface area contributed by atoms with Crippen LogP contribution in [0.4, 0.5) is 0 Å². The molecule has 0 aromatic heterocycles. The number of carbonyl (C=O) groups excluding carboxylic acids is 1. The van der Waals surface area contributed by atoms with Gasteiger partial charge >= 0.3 is 5.97 Å². The summed E-state index contributed by atoms with van der Waals surface area (Å²) in [5.74, 6) is 7.95. The predicted octanol–water partition coefficient (Wildman–Crippen LogP) is 1.80. The van der Waals surface area contributed by atoms with Crippen molar-refractivity contribution in [2.24, 2.45) is 5.73 Å². The third kappa shape index (κ3) is 5.55. The van der Waals surface area contributed by atoms with Crippen LogP contribution in [0.1, 0.15) is 17.5 Å². The first-order valence-corrected chi connectivity index (χ1v) is 7.37. The lowest BCUT2D eigenvalue weighted by atomic mass is 10.1. The van der Waals surface area contributed by atoms with E-state index < -0.39 is 0 Å². The summed E-state index contributed by atoms with van der Waals surface area (Å²) in [5.41, 5.74) is 7.36. The van der Waals surface area contributed by atoms with Crippen LogP contribution in [0, 0.1) is 11.8 Å². The maximum Gasteiger partial charge on any atom is 0.306 e. The zero-order valence-electron chi connectivity index (χ0n) is 11.8. The SMILES string of the molecule is COC(=O)CCSCc1ccc(OC)c(C#CCN)c1. The van der Waals surface area contributed by atoms with E-state index in [0.717, 1.165) is 28.4 Å². The van der Waals surface area contributed by atoms with Crippen LogP contribution in [0.25, 0.3) is 0 Å². The Bertz CT molecular complexity index is 506. The molecule has 0 spiro atoms. The van der Waals surface area contributed by atoms with Crippen LogP contribution in [0.5, 0.6) is 5.75 Å². The van der Waals surface area contributed by atoms with E-state index in [9.17, 15) is 4.79 Å². The Balaban J connectivity index is 2.60. The molecule has 2 N–H and O–H groups in total. The molecule has 108 valence electrons. The van der Waals surface area contributed by atoms with Gasteiger partial charge in [0.15, 0.2) is 0 Å². The summed E-state index contributed by atoms with van der Waals surface area (Å²) in [6, 6.07) is 5.89. The second-order valence-corrected chi connectivity index (χ2v) is 5.02. The lowest BCUT2D eigenvalue weighted by molar-refractivity contribution is -0.140. The second kappa shape index (κ2) is 9.29. The van der Waals surface area contributed by atoms with E-state index in [1.54, 1.807) is 18.9 Å². The van der Waals surface area contributed by atoms with Gasteiger partial charge in [0.2, 0.25) is 0 Å². The Kier molecular flexibility index (Phi) is 7.63. The van der Waals surface area contributed by atoms with Crippen molar-refractivity contribution in [3.05, 3.63) is 29.3 Å². The molecule has 5 heteroatoms. The van der Waals surface area contributed by atoms with E-state index in [2.05, 4.69) is 16.6 Å². The summed E-state index contributed by atoms with van der Waals surface area (Å²) >= 11 is 1.68. The second-order valence-electron chi connectivity index (χ2n) is 3.92. The average molecular weight is 293 g/mol. The van der Waals surface area contributed by atoms with Gasteiger partial charge in [0, 0.05) is 11.5 Å². The van der Waals surface area contributed by atoms with Gasteiger partial charge in [-0.3, -0.25) is 4.79 Å². The lowest BCUT2D eigenvalue weighted by Crippen LogP contribution is -2.01. The minimum atomic E-state index is -0.179. The number of thioether (sulfide) groups is 1. The number of benzene rings is 1. The van der Waals surface area contributed by atoms with Crippen LogP contribution in [0.3, 0.4) is 0 Å². The molecule has 0 aliphatic rings. The van der Waals surface area contributed by atoms with Crippen molar-refractivity contribution in [1.29, 1.82) is 0 Å². The molecule has 0 radical (unpaired) electrons. The summed E-state index contributed by atoms with van der Waals surface area (Å²) in [5, 5.41) is 0. The quantitative estimate of drug-likeness (QED) is 0.492. The molecule has 0 unspecified atom stereocenters. The first-order valence-electron chi connectivity index (χ1n) is 6.21. The molecule has 1 aromatic rings. The molecule has 0 aliphatic heterocycles. The standard InChI is InChI=1S/C15H19NO3S/c1-18-14-6-5-12(10-13(14)4-3-8-16)11-20-9-7-15(17)19-2/h5-6,10H,7-9,11,16H2,1-2H3. The normalized spacial score (nSPS) is 9.55. The Morgan fingerprint density at radius 1 is 1.40 bits per heavy atom. The van der Waals surface area contributed by atoms with Crippen molar-refractivity contribution in [2.75, 3.05) is 26.5 Å². The lowest BCUT2D eigenvalue weighted by Gasteiger charge is -2.06. The van der Waals surface area contributed by atoms with E-state index in [1.165, 1.54) is 7.11 Å². The number of esters is 1. The van der Waals surface area contributed by atoms with Gasteiger partial charge in [-0.25, -0.2) is 0 Å². The van der Waals surface area contributed by atoms with Crippen molar-refractivity contribution in [1.82, 2.24) is 0 Å². The molecule has 1 rings (SSSR count). The molecule has 0 heterocycles. The molecule has 0 fully saturated rings. The minimum absolute atomic E-state index is 0.179. The van der Waals surface area contributed by atoms with E-state index in [4.69, 9.17) is 10.5 Å². The summed E-state index contributed by atoms with van der Waals surface area (Å²) < 4.78 is 9.85. The highest BCUT2D eigenvalue weighted by Gasteiger charge is 2.04. The van der Waals surface area contributed by atoms with E-state index in [1.807, 2.05) is 18.2 Å². The molecule has 0 saturated carbocycles. The zero-order valence-corrected chi connectivity index (χ0v) is 12.6. The first kappa shape index (κ1) is 16.4. The van der Waals surface area contributed by atoms with Crippen LogP contribution in [-0.2, 0) is 15.3 Å². The fourth-order valence-electron chi connectivity index (χ4n) is 1.54. The smallest absolute Gasteiger partial charge is 0.306 e. The van der Waals surface area contributed by atoms with Crippen LogP contribution in [0.15, 0.2) is 18.2 Å². The van der Waals surface area contributed by atoms with Gasteiger partial charge in [-0.1, -0.05) is 17.9 Å². The number of carbonyl (C=O) groups is 1. The van der Waals surface area contributed by atoms with E-state index in [0.29, 0.717) is 13.0 Å². The van der Waals surface area contributed by atoms with Crippen molar-refractivity contribution < 1.29 is 14.3 Å². The topological polar surface area (TPSA) is 61.5 Å². The number of nitrogens with two attached hydrogens (primary N) is 1. The number of methoxy groups -OCH3 is 2. The van der Waals surface area contributed by atoms with Crippen LogP contribution >= 0.6 is 11.8 Å². The van der Waals surface area contributed by atoms with Gasteiger partial charge in [-0.2, -0.15) is 11.8 Å². The van der Waals surface area contributed by atoms with Crippen LogP contribution < -0.4 is 10.5 Å². The molecule has 4 nitrogen and oxygen atoms in total. The predicted molar refractivity (Wildman–Crippen MR) is 81.7 cm³/mol. The van der Waals surface area contributed by atoms with Gasteiger partial charge in [0.25, 0.3) is 0 Å². The van der Waals surface area contributed by atoms with E-state index in [-0.39, 0.29) is 5.97 Å². The molecule has 0 amide bonds. The first-order chi connectivity index (χ1) is 9.71. The third-order valence-electron chi connectivity index (χ3n) is 2.54. The minimum Gasteiger partial charge on any atom is -0.495 e. The molecule has 0 saturated heterocycles. The number of ether oxygens (including phenoxy) is 2. The molecule has 0 bridgehead atoms. The van der Waals surface area contributed by atoms with Gasteiger partial charge in [-0.15, -0.1) is 0 Å². The molecule has 0 atom stereocenters. The zero-order chi connectivity index (χ0) is 14.8. The molecular formula is C15H19NO3S. The number of rotatable bonds is 6. The van der Waals surface area contributed by atoms with Gasteiger partial charge in [0.05, 0.1) is 32.7 Å². The van der Waals surface area contributed by atoms with E-state index >= 15 is 0 Å². The maximum atomic E-state index is 11.0.